The standard InChI is InChI=1S/C15H23NO2/c1-11(2)17-10-14(16-3)13-8-12-6-4-5-7-15(12)18-9-13/h4-7,11,13-14,16H,8-10H2,1-3H3. The molecule has 1 N–H and O–H groups in total. The third-order valence-electron chi connectivity index (χ3n) is 3.46. The van der Waals surface area contributed by atoms with E-state index in [1.807, 2.05) is 19.2 Å². The van der Waals surface area contributed by atoms with Gasteiger partial charge in [-0.25, -0.2) is 0 Å². The molecule has 18 heavy (non-hydrogen) atoms. The Labute approximate surface area is 109 Å². The summed E-state index contributed by atoms with van der Waals surface area (Å²) in [6.07, 6.45) is 1.33. The van der Waals surface area contributed by atoms with Crippen LogP contribution in [0.5, 0.6) is 5.75 Å². The Hall–Kier alpha value is -1.06. The van der Waals surface area contributed by atoms with Gasteiger partial charge in [0.15, 0.2) is 0 Å². The zero-order valence-electron chi connectivity index (χ0n) is 11.5. The molecule has 1 aromatic carbocycles. The maximum atomic E-state index is 5.83. The zero-order chi connectivity index (χ0) is 13.0. The third-order valence-corrected chi connectivity index (χ3v) is 3.46. The molecule has 1 aliphatic heterocycles. The Bertz CT molecular complexity index is 379. The van der Waals surface area contributed by atoms with Gasteiger partial charge in [0, 0.05) is 12.0 Å². The second kappa shape index (κ2) is 6.21. The number of ether oxygens (including phenoxy) is 2. The van der Waals surface area contributed by atoms with Crippen molar-refractivity contribution in [1.29, 1.82) is 0 Å². The summed E-state index contributed by atoms with van der Waals surface area (Å²) < 4.78 is 11.5. The fourth-order valence-corrected chi connectivity index (χ4v) is 2.36. The van der Waals surface area contributed by atoms with E-state index in [-0.39, 0.29) is 6.10 Å². The smallest absolute Gasteiger partial charge is 0.122 e. The number of fused-ring (bicyclic) bond motifs is 1. The first-order valence-electron chi connectivity index (χ1n) is 6.70. The lowest BCUT2D eigenvalue weighted by atomic mass is 9.91. The van der Waals surface area contributed by atoms with Crippen LogP contribution in [0.25, 0.3) is 0 Å². The van der Waals surface area contributed by atoms with E-state index in [1.165, 1.54) is 5.56 Å². The lowest BCUT2D eigenvalue weighted by Gasteiger charge is -2.31. The van der Waals surface area contributed by atoms with Crippen LogP contribution in [-0.2, 0) is 11.2 Å². The molecule has 1 aromatic rings. The average Bonchev–Trinajstić information content (AvgIpc) is 2.39. The van der Waals surface area contributed by atoms with E-state index in [1.54, 1.807) is 0 Å². The van der Waals surface area contributed by atoms with Gasteiger partial charge in [-0.05, 0) is 38.9 Å². The molecule has 0 aliphatic carbocycles. The number of hydrogen-bond donors (Lipinski definition) is 1. The van der Waals surface area contributed by atoms with Crippen LogP contribution in [0.15, 0.2) is 24.3 Å². The summed E-state index contributed by atoms with van der Waals surface area (Å²) in [5.74, 6) is 1.51. The lowest BCUT2D eigenvalue weighted by Crippen LogP contribution is -2.43. The molecule has 0 fully saturated rings. The van der Waals surface area contributed by atoms with Gasteiger partial charge in [0.05, 0.1) is 19.3 Å². The molecule has 1 heterocycles. The molecule has 0 spiro atoms. The molecule has 3 heteroatoms. The Kier molecular flexibility index (Phi) is 4.61. The molecule has 1 aliphatic rings. The van der Waals surface area contributed by atoms with Gasteiger partial charge in [-0.1, -0.05) is 18.2 Å². The first-order chi connectivity index (χ1) is 8.70. The summed E-state index contributed by atoms with van der Waals surface area (Å²) in [6.45, 7) is 5.65. The van der Waals surface area contributed by atoms with Crippen LogP contribution in [0.1, 0.15) is 19.4 Å². The second-order valence-electron chi connectivity index (χ2n) is 5.16. The molecule has 2 rings (SSSR count). The zero-order valence-corrected chi connectivity index (χ0v) is 11.5. The average molecular weight is 249 g/mol. The SMILES string of the molecule is CNC(COC(C)C)C1COc2ccccc2C1. The van der Waals surface area contributed by atoms with E-state index >= 15 is 0 Å². The Morgan fingerprint density at radius 2 is 2.17 bits per heavy atom. The van der Waals surface area contributed by atoms with Crippen LogP contribution < -0.4 is 10.1 Å². The fourth-order valence-electron chi connectivity index (χ4n) is 2.36. The Morgan fingerprint density at radius 3 is 2.89 bits per heavy atom. The van der Waals surface area contributed by atoms with Crippen molar-refractivity contribution >= 4 is 0 Å². The molecule has 0 bridgehead atoms. The fraction of sp³-hybridized carbons (Fsp3) is 0.600. The predicted octanol–water partition coefficient (Wildman–Crippen LogP) is 2.25. The number of benzene rings is 1. The number of hydrogen-bond acceptors (Lipinski definition) is 3. The van der Waals surface area contributed by atoms with Crippen molar-refractivity contribution in [3.63, 3.8) is 0 Å². The van der Waals surface area contributed by atoms with Gasteiger partial charge < -0.3 is 14.8 Å². The largest absolute Gasteiger partial charge is 0.493 e. The molecule has 0 amide bonds. The highest BCUT2D eigenvalue weighted by Gasteiger charge is 2.26. The minimum Gasteiger partial charge on any atom is -0.493 e. The maximum Gasteiger partial charge on any atom is 0.122 e. The van der Waals surface area contributed by atoms with E-state index in [0.717, 1.165) is 25.4 Å². The third kappa shape index (κ3) is 3.24. The van der Waals surface area contributed by atoms with Crippen LogP contribution in [0.2, 0.25) is 0 Å². The van der Waals surface area contributed by atoms with Gasteiger partial charge in [-0.2, -0.15) is 0 Å². The predicted molar refractivity (Wildman–Crippen MR) is 73.1 cm³/mol. The highest BCUT2D eigenvalue weighted by Crippen LogP contribution is 2.28. The van der Waals surface area contributed by atoms with Gasteiger partial charge in [-0.3, -0.25) is 0 Å². The number of para-hydroxylation sites is 1. The Balaban J connectivity index is 1.98. The summed E-state index contributed by atoms with van der Waals surface area (Å²) in [5, 5.41) is 3.35. The topological polar surface area (TPSA) is 30.5 Å². The molecule has 0 saturated carbocycles. The van der Waals surface area contributed by atoms with Gasteiger partial charge in [0.2, 0.25) is 0 Å². The van der Waals surface area contributed by atoms with Crippen molar-refractivity contribution in [1.82, 2.24) is 5.32 Å². The highest BCUT2D eigenvalue weighted by atomic mass is 16.5. The molecule has 0 radical (unpaired) electrons. The molecular formula is C15H23NO2. The van der Waals surface area contributed by atoms with Crippen LogP contribution in [0.3, 0.4) is 0 Å². The monoisotopic (exact) mass is 249 g/mol. The first-order valence-corrected chi connectivity index (χ1v) is 6.70. The molecule has 0 aromatic heterocycles. The van der Waals surface area contributed by atoms with Crippen LogP contribution in [0.4, 0.5) is 0 Å². The van der Waals surface area contributed by atoms with Gasteiger partial charge in [0.1, 0.15) is 5.75 Å². The van der Waals surface area contributed by atoms with Gasteiger partial charge >= 0.3 is 0 Å². The molecular weight excluding hydrogens is 226 g/mol. The van der Waals surface area contributed by atoms with Crippen molar-refractivity contribution in [2.75, 3.05) is 20.3 Å². The quantitative estimate of drug-likeness (QED) is 0.868. The van der Waals surface area contributed by atoms with Crippen molar-refractivity contribution in [2.45, 2.75) is 32.4 Å². The van der Waals surface area contributed by atoms with E-state index in [9.17, 15) is 0 Å². The van der Waals surface area contributed by atoms with Gasteiger partial charge in [0.25, 0.3) is 0 Å². The second-order valence-corrected chi connectivity index (χ2v) is 5.16. The first kappa shape index (κ1) is 13.4. The summed E-state index contributed by atoms with van der Waals surface area (Å²) in [5.41, 5.74) is 1.30. The van der Waals surface area contributed by atoms with E-state index < -0.39 is 0 Å². The number of likely N-dealkylation sites (N-methyl/N-ethyl adjacent to an activating group) is 1. The lowest BCUT2D eigenvalue weighted by molar-refractivity contribution is 0.0400. The van der Waals surface area contributed by atoms with Crippen LogP contribution in [0, 0.1) is 5.92 Å². The normalized spacial score (nSPS) is 20.3. The summed E-state index contributed by atoms with van der Waals surface area (Å²) in [7, 11) is 1.99. The molecule has 2 atom stereocenters. The molecule has 100 valence electrons. The van der Waals surface area contributed by atoms with Gasteiger partial charge in [-0.15, -0.1) is 0 Å². The van der Waals surface area contributed by atoms with Crippen molar-refractivity contribution in [3.05, 3.63) is 29.8 Å². The molecule has 0 saturated heterocycles. The van der Waals surface area contributed by atoms with Crippen molar-refractivity contribution < 1.29 is 9.47 Å². The van der Waals surface area contributed by atoms with E-state index in [2.05, 4.69) is 31.3 Å². The number of rotatable bonds is 5. The maximum absolute atomic E-state index is 5.83. The summed E-state index contributed by atoms with van der Waals surface area (Å²) in [4.78, 5) is 0. The van der Waals surface area contributed by atoms with Crippen LogP contribution >= 0.6 is 0 Å². The van der Waals surface area contributed by atoms with Crippen LogP contribution in [-0.4, -0.2) is 32.4 Å². The summed E-state index contributed by atoms with van der Waals surface area (Å²) >= 11 is 0. The summed E-state index contributed by atoms with van der Waals surface area (Å²) in [6, 6.07) is 8.64. The number of nitrogens with one attached hydrogen (secondary N) is 1. The van der Waals surface area contributed by atoms with Crippen molar-refractivity contribution in [3.8, 4) is 5.75 Å². The highest BCUT2D eigenvalue weighted by molar-refractivity contribution is 5.35. The Morgan fingerprint density at radius 1 is 1.39 bits per heavy atom. The molecule has 2 unspecified atom stereocenters. The minimum absolute atomic E-state index is 0.276. The van der Waals surface area contributed by atoms with E-state index in [4.69, 9.17) is 9.47 Å². The minimum atomic E-state index is 0.276. The van der Waals surface area contributed by atoms with E-state index in [0.29, 0.717) is 12.0 Å². The molecule has 3 nitrogen and oxygen atoms in total. The van der Waals surface area contributed by atoms with Crippen molar-refractivity contribution in [2.24, 2.45) is 5.92 Å².